The largest absolute Gasteiger partial charge is 0.491 e. The summed E-state index contributed by atoms with van der Waals surface area (Å²) < 4.78 is 5.66. The fraction of sp³-hybridized carbons (Fsp3) is 0.429. The standard InChI is InChI=1S/C14H19N3O4/c18-13(17-20)9-11-14(19)16-10-5-1-2-6-12(10)21-8-4-3-7-15-11/h1-2,5-6,11,15,20H,3-4,7-9H2,(H,16,19)(H,17,18)/p+1/t11-/m0/s1. The van der Waals surface area contributed by atoms with E-state index in [2.05, 4.69) is 5.32 Å². The van der Waals surface area contributed by atoms with Crippen molar-refractivity contribution in [3.63, 3.8) is 0 Å². The van der Waals surface area contributed by atoms with Gasteiger partial charge in [0.05, 0.1) is 25.3 Å². The molecule has 0 fully saturated rings. The van der Waals surface area contributed by atoms with Gasteiger partial charge in [0.2, 0.25) is 5.91 Å². The van der Waals surface area contributed by atoms with Crippen LogP contribution in [0.25, 0.3) is 0 Å². The van der Waals surface area contributed by atoms with E-state index < -0.39 is 11.9 Å². The van der Waals surface area contributed by atoms with E-state index in [0.29, 0.717) is 18.0 Å². The van der Waals surface area contributed by atoms with Crippen molar-refractivity contribution in [3.05, 3.63) is 24.3 Å². The first-order valence-corrected chi connectivity index (χ1v) is 6.99. The van der Waals surface area contributed by atoms with Crippen molar-refractivity contribution in [3.8, 4) is 5.75 Å². The van der Waals surface area contributed by atoms with Gasteiger partial charge in [0, 0.05) is 0 Å². The van der Waals surface area contributed by atoms with Crippen LogP contribution in [0.2, 0.25) is 0 Å². The van der Waals surface area contributed by atoms with Gasteiger partial charge in [-0.1, -0.05) is 12.1 Å². The number of hydrogen-bond donors (Lipinski definition) is 4. The second-order valence-corrected chi connectivity index (χ2v) is 4.91. The van der Waals surface area contributed by atoms with E-state index in [1.807, 2.05) is 11.4 Å². The Morgan fingerprint density at radius 2 is 2.24 bits per heavy atom. The number of nitrogens with two attached hydrogens (primary N) is 1. The Morgan fingerprint density at radius 3 is 3.05 bits per heavy atom. The Labute approximate surface area is 122 Å². The molecule has 1 atom stereocenters. The minimum Gasteiger partial charge on any atom is -0.491 e. The molecule has 7 heteroatoms. The van der Waals surface area contributed by atoms with Gasteiger partial charge in [-0.2, -0.15) is 0 Å². The number of ether oxygens (including phenoxy) is 1. The molecule has 1 aliphatic heterocycles. The summed E-state index contributed by atoms with van der Waals surface area (Å²) in [5.74, 6) is -0.236. The quantitative estimate of drug-likeness (QED) is 0.441. The first-order chi connectivity index (χ1) is 10.2. The SMILES string of the molecule is O=C(C[C@@H]1[NH2+]CCCCOc2ccccc2NC1=O)NO. The number of hydrogen-bond acceptors (Lipinski definition) is 4. The number of nitrogens with one attached hydrogen (secondary N) is 2. The molecule has 1 heterocycles. The maximum absolute atomic E-state index is 12.3. The highest BCUT2D eigenvalue weighted by atomic mass is 16.5. The predicted octanol–water partition coefficient (Wildman–Crippen LogP) is -0.375. The lowest BCUT2D eigenvalue weighted by Gasteiger charge is -2.15. The van der Waals surface area contributed by atoms with Gasteiger partial charge in [0.15, 0.2) is 6.04 Å². The smallest absolute Gasteiger partial charge is 0.283 e. The molecule has 5 N–H and O–H groups in total. The summed E-state index contributed by atoms with van der Waals surface area (Å²) in [6, 6.07) is 6.62. The molecule has 0 radical (unpaired) electrons. The van der Waals surface area contributed by atoms with Crippen LogP contribution >= 0.6 is 0 Å². The van der Waals surface area contributed by atoms with E-state index in [1.165, 1.54) is 0 Å². The molecule has 0 spiro atoms. The summed E-state index contributed by atoms with van der Waals surface area (Å²) in [7, 11) is 0. The van der Waals surface area contributed by atoms with Gasteiger partial charge in [0.1, 0.15) is 5.75 Å². The molecule has 2 rings (SSSR count). The second kappa shape index (κ2) is 7.61. The molecule has 0 aliphatic carbocycles. The van der Waals surface area contributed by atoms with Gasteiger partial charge in [-0.3, -0.25) is 14.8 Å². The van der Waals surface area contributed by atoms with Crippen LogP contribution in [-0.4, -0.2) is 36.2 Å². The molecule has 2 amide bonds. The molecule has 21 heavy (non-hydrogen) atoms. The zero-order chi connectivity index (χ0) is 15.1. The van der Waals surface area contributed by atoms with Crippen LogP contribution in [0, 0.1) is 0 Å². The number of amides is 2. The number of carbonyl (C=O) groups excluding carboxylic acids is 2. The summed E-state index contributed by atoms with van der Waals surface area (Å²) in [6.07, 6.45) is 1.68. The summed E-state index contributed by atoms with van der Waals surface area (Å²) >= 11 is 0. The Morgan fingerprint density at radius 1 is 1.43 bits per heavy atom. The number of hydroxylamine groups is 1. The maximum atomic E-state index is 12.3. The third-order valence-corrected chi connectivity index (χ3v) is 3.32. The van der Waals surface area contributed by atoms with Crippen LogP contribution in [0.15, 0.2) is 24.3 Å². The molecule has 1 aliphatic rings. The Balaban J connectivity index is 2.16. The van der Waals surface area contributed by atoms with Crippen molar-refractivity contribution in [1.82, 2.24) is 5.48 Å². The fourth-order valence-electron chi connectivity index (χ4n) is 2.20. The van der Waals surface area contributed by atoms with E-state index in [9.17, 15) is 9.59 Å². The van der Waals surface area contributed by atoms with Crippen LogP contribution in [-0.2, 0) is 9.59 Å². The van der Waals surface area contributed by atoms with Gasteiger partial charge >= 0.3 is 0 Å². The van der Waals surface area contributed by atoms with Gasteiger partial charge < -0.3 is 15.4 Å². The van der Waals surface area contributed by atoms with Gasteiger partial charge in [0.25, 0.3) is 5.91 Å². The minimum absolute atomic E-state index is 0.0780. The highest BCUT2D eigenvalue weighted by Gasteiger charge is 2.26. The topological polar surface area (TPSA) is 104 Å². The lowest BCUT2D eigenvalue weighted by Crippen LogP contribution is -2.92. The monoisotopic (exact) mass is 294 g/mol. The van der Waals surface area contributed by atoms with Crippen molar-refractivity contribution in [2.24, 2.45) is 0 Å². The summed E-state index contributed by atoms with van der Waals surface area (Å²) in [5.41, 5.74) is 2.15. The van der Waals surface area contributed by atoms with Crippen molar-refractivity contribution in [2.45, 2.75) is 25.3 Å². The van der Waals surface area contributed by atoms with Gasteiger partial charge in [-0.25, -0.2) is 5.48 Å². The van der Waals surface area contributed by atoms with Crippen molar-refractivity contribution < 1.29 is 24.8 Å². The van der Waals surface area contributed by atoms with Gasteiger partial charge in [-0.15, -0.1) is 0 Å². The molecule has 0 unspecified atom stereocenters. The van der Waals surface area contributed by atoms with E-state index in [-0.39, 0.29) is 12.3 Å². The fourth-order valence-corrected chi connectivity index (χ4v) is 2.20. The number of benzene rings is 1. The zero-order valence-corrected chi connectivity index (χ0v) is 11.7. The first-order valence-electron chi connectivity index (χ1n) is 6.99. The van der Waals surface area contributed by atoms with E-state index in [4.69, 9.17) is 9.94 Å². The number of anilines is 1. The zero-order valence-electron chi connectivity index (χ0n) is 11.7. The van der Waals surface area contributed by atoms with Crippen LogP contribution < -0.4 is 20.9 Å². The summed E-state index contributed by atoms with van der Waals surface area (Å²) in [5, 5.41) is 13.2. The third-order valence-electron chi connectivity index (χ3n) is 3.32. The molecular formula is C14H20N3O4+. The Bertz CT molecular complexity index is 507. The third kappa shape index (κ3) is 4.44. The predicted molar refractivity (Wildman–Crippen MR) is 74.9 cm³/mol. The number of rotatable bonds is 2. The lowest BCUT2D eigenvalue weighted by molar-refractivity contribution is -0.675. The van der Waals surface area contributed by atoms with Crippen molar-refractivity contribution in [2.75, 3.05) is 18.5 Å². The molecule has 0 saturated carbocycles. The van der Waals surface area contributed by atoms with E-state index in [1.54, 1.807) is 23.7 Å². The van der Waals surface area contributed by atoms with E-state index in [0.717, 1.165) is 19.4 Å². The first kappa shape index (κ1) is 15.3. The van der Waals surface area contributed by atoms with Gasteiger partial charge in [-0.05, 0) is 25.0 Å². The number of carbonyl (C=O) groups is 2. The lowest BCUT2D eigenvalue weighted by atomic mass is 10.1. The summed E-state index contributed by atoms with van der Waals surface area (Å²) in [4.78, 5) is 23.6. The van der Waals surface area contributed by atoms with Crippen LogP contribution in [0.5, 0.6) is 5.75 Å². The molecule has 1 aromatic carbocycles. The normalized spacial score (nSPS) is 19.5. The van der Waals surface area contributed by atoms with Crippen molar-refractivity contribution in [1.29, 1.82) is 0 Å². The number of quaternary nitrogens is 1. The molecular weight excluding hydrogens is 274 g/mol. The highest BCUT2D eigenvalue weighted by Crippen LogP contribution is 2.24. The molecule has 114 valence electrons. The Kier molecular flexibility index (Phi) is 5.53. The average Bonchev–Trinajstić information content (AvgIpc) is 2.52. The number of para-hydroxylation sites is 2. The van der Waals surface area contributed by atoms with Crippen LogP contribution in [0.1, 0.15) is 19.3 Å². The second-order valence-electron chi connectivity index (χ2n) is 4.91. The number of fused-ring (bicyclic) bond motifs is 1. The van der Waals surface area contributed by atoms with E-state index >= 15 is 0 Å². The molecule has 1 aromatic rings. The van der Waals surface area contributed by atoms with Crippen LogP contribution in [0.3, 0.4) is 0 Å². The minimum atomic E-state index is -0.580. The Hall–Kier alpha value is -2.12. The van der Waals surface area contributed by atoms with Crippen LogP contribution in [0.4, 0.5) is 5.69 Å². The average molecular weight is 294 g/mol. The summed E-state index contributed by atoms with van der Waals surface area (Å²) in [6.45, 7) is 1.30. The molecule has 0 bridgehead atoms. The molecule has 0 saturated heterocycles. The van der Waals surface area contributed by atoms with Crippen molar-refractivity contribution >= 4 is 17.5 Å². The molecule has 7 nitrogen and oxygen atoms in total. The molecule has 0 aromatic heterocycles. The highest BCUT2D eigenvalue weighted by molar-refractivity contribution is 5.97. The maximum Gasteiger partial charge on any atom is 0.283 e.